The minimum absolute atomic E-state index is 0.0822. The van der Waals surface area contributed by atoms with Crippen molar-refractivity contribution in [1.29, 1.82) is 0 Å². The van der Waals surface area contributed by atoms with E-state index in [0.29, 0.717) is 13.0 Å². The molecule has 1 heterocycles. The molecule has 1 atom stereocenters. The van der Waals surface area contributed by atoms with Gasteiger partial charge < -0.3 is 10.0 Å². The first-order chi connectivity index (χ1) is 9.40. The molecule has 108 valence electrons. The number of nitrogens with zero attached hydrogens (tertiary/aromatic N) is 1. The van der Waals surface area contributed by atoms with E-state index in [4.69, 9.17) is 5.11 Å². The fourth-order valence-corrected chi connectivity index (χ4v) is 2.80. The Bertz CT molecular complexity index is 551. The molecule has 4 nitrogen and oxygen atoms in total. The highest BCUT2D eigenvalue weighted by Crippen LogP contribution is 2.21. The van der Waals surface area contributed by atoms with Gasteiger partial charge in [0, 0.05) is 6.54 Å². The number of aryl methyl sites for hydroxylation is 3. The molecule has 20 heavy (non-hydrogen) atoms. The fraction of sp³-hybridized carbons (Fsp3) is 0.500. The minimum atomic E-state index is -0.896. The molecule has 1 aromatic rings. The van der Waals surface area contributed by atoms with Crippen LogP contribution in [0.15, 0.2) is 12.1 Å². The lowest BCUT2D eigenvalue weighted by Crippen LogP contribution is -2.41. The van der Waals surface area contributed by atoms with Crippen LogP contribution in [-0.4, -0.2) is 34.5 Å². The van der Waals surface area contributed by atoms with Gasteiger partial charge >= 0.3 is 5.97 Å². The van der Waals surface area contributed by atoms with Gasteiger partial charge in [-0.05, 0) is 55.9 Å². The zero-order valence-corrected chi connectivity index (χ0v) is 12.3. The Balaban J connectivity index is 2.16. The van der Waals surface area contributed by atoms with Crippen molar-refractivity contribution in [3.8, 4) is 0 Å². The lowest BCUT2D eigenvalue weighted by molar-refractivity contribution is -0.148. The third-order valence-corrected chi connectivity index (χ3v) is 4.15. The number of hydrogen-bond acceptors (Lipinski definition) is 2. The standard InChI is InChI=1S/C16H21NO3/c1-10-7-12(3)13(8-11(10)2)9-15(18)17-6-4-5-14(17)16(19)20/h7-8,14H,4-6,9H2,1-3H3,(H,19,20). The molecular formula is C16H21NO3. The molecule has 0 spiro atoms. The molecule has 0 aromatic heterocycles. The van der Waals surface area contributed by atoms with Gasteiger partial charge in [0.05, 0.1) is 6.42 Å². The van der Waals surface area contributed by atoms with Crippen molar-refractivity contribution in [3.05, 3.63) is 34.4 Å². The molecular weight excluding hydrogens is 254 g/mol. The second-order valence-electron chi connectivity index (χ2n) is 5.62. The van der Waals surface area contributed by atoms with E-state index in [1.165, 1.54) is 10.5 Å². The van der Waals surface area contributed by atoms with Gasteiger partial charge in [0.15, 0.2) is 0 Å². The number of likely N-dealkylation sites (tertiary alicyclic amines) is 1. The van der Waals surface area contributed by atoms with Crippen molar-refractivity contribution in [2.45, 2.75) is 46.1 Å². The van der Waals surface area contributed by atoms with E-state index in [1.54, 1.807) is 0 Å². The number of aliphatic carboxylic acids is 1. The van der Waals surface area contributed by atoms with Crippen LogP contribution >= 0.6 is 0 Å². The van der Waals surface area contributed by atoms with Crippen LogP contribution in [0.5, 0.6) is 0 Å². The summed E-state index contributed by atoms with van der Waals surface area (Å²) >= 11 is 0. The minimum Gasteiger partial charge on any atom is -0.480 e. The molecule has 1 fully saturated rings. The Morgan fingerprint density at radius 3 is 2.50 bits per heavy atom. The van der Waals surface area contributed by atoms with Crippen molar-refractivity contribution < 1.29 is 14.7 Å². The Morgan fingerprint density at radius 1 is 1.20 bits per heavy atom. The van der Waals surface area contributed by atoms with Crippen LogP contribution in [0.25, 0.3) is 0 Å². The van der Waals surface area contributed by atoms with Gasteiger partial charge in [-0.15, -0.1) is 0 Å². The maximum absolute atomic E-state index is 12.3. The summed E-state index contributed by atoms with van der Waals surface area (Å²) in [5.41, 5.74) is 4.46. The third kappa shape index (κ3) is 2.84. The zero-order chi connectivity index (χ0) is 14.9. The molecule has 1 unspecified atom stereocenters. The van der Waals surface area contributed by atoms with Crippen LogP contribution in [0.3, 0.4) is 0 Å². The summed E-state index contributed by atoms with van der Waals surface area (Å²) in [5, 5.41) is 9.14. The van der Waals surface area contributed by atoms with Crippen molar-refractivity contribution in [1.82, 2.24) is 4.90 Å². The maximum atomic E-state index is 12.3. The Hall–Kier alpha value is -1.84. The number of rotatable bonds is 3. The average molecular weight is 275 g/mol. The average Bonchev–Trinajstić information content (AvgIpc) is 2.85. The summed E-state index contributed by atoms with van der Waals surface area (Å²) < 4.78 is 0. The molecule has 1 aliphatic rings. The molecule has 0 saturated carbocycles. The zero-order valence-electron chi connectivity index (χ0n) is 12.3. The Morgan fingerprint density at radius 2 is 1.85 bits per heavy atom. The number of benzene rings is 1. The summed E-state index contributed by atoms with van der Waals surface area (Å²) in [6.45, 7) is 6.63. The van der Waals surface area contributed by atoms with Gasteiger partial charge in [-0.2, -0.15) is 0 Å². The second-order valence-corrected chi connectivity index (χ2v) is 5.62. The second kappa shape index (κ2) is 5.65. The van der Waals surface area contributed by atoms with E-state index in [2.05, 4.69) is 13.0 Å². The van der Waals surface area contributed by atoms with Gasteiger partial charge in [-0.1, -0.05) is 12.1 Å². The van der Waals surface area contributed by atoms with Crippen molar-refractivity contribution >= 4 is 11.9 Å². The van der Waals surface area contributed by atoms with Crippen molar-refractivity contribution in [3.63, 3.8) is 0 Å². The molecule has 1 saturated heterocycles. The van der Waals surface area contributed by atoms with Crippen molar-refractivity contribution in [2.75, 3.05) is 6.54 Å². The molecule has 0 radical (unpaired) electrons. The Labute approximate surface area is 119 Å². The molecule has 0 bridgehead atoms. The number of carboxylic acid groups (broad SMARTS) is 1. The molecule has 1 N–H and O–H groups in total. The van der Waals surface area contributed by atoms with Crippen LogP contribution in [0.4, 0.5) is 0 Å². The van der Waals surface area contributed by atoms with Crippen LogP contribution in [0, 0.1) is 20.8 Å². The summed E-state index contributed by atoms with van der Waals surface area (Å²) in [6.07, 6.45) is 1.62. The third-order valence-electron chi connectivity index (χ3n) is 4.15. The van der Waals surface area contributed by atoms with E-state index in [0.717, 1.165) is 23.1 Å². The molecule has 2 rings (SSSR count). The van der Waals surface area contributed by atoms with Crippen LogP contribution in [0.2, 0.25) is 0 Å². The highest BCUT2D eigenvalue weighted by Gasteiger charge is 2.33. The monoisotopic (exact) mass is 275 g/mol. The number of carbonyl (C=O) groups is 2. The van der Waals surface area contributed by atoms with Crippen molar-refractivity contribution in [2.24, 2.45) is 0 Å². The highest BCUT2D eigenvalue weighted by atomic mass is 16.4. The lowest BCUT2D eigenvalue weighted by atomic mass is 9.98. The first kappa shape index (κ1) is 14.6. The predicted octanol–water partition coefficient (Wildman–Crippen LogP) is 2.23. The van der Waals surface area contributed by atoms with E-state index in [9.17, 15) is 9.59 Å². The molecule has 1 amide bonds. The smallest absolute Gasteiger partial charge is 0.326 e. The summed E-state index contributed by atoms with van der Waals surface area (Å²) in [6, 6.07) is 3.47. The van der Waals surface area contributed by atoms with E-state index >= 15 is 0 Å². The SMILES string of the molecule is Cc1cc(C)c(CC(=O)N2CCCC2C(=O)O)cc1C. The van der Waals surface area contributed by atoms with Gasteiger partial charge in [-0.25, -0.2) is 4.79 Å². The molecule has 0 aliphatic carbocycles. The maximum Gasteiger partial charge on any atom is 0.326 e. The quantitative estimate of drug-likeness (QED) is 0.920. The summed E-state index contributed by atoms with van der Waals surface area (Å²) in [7, 11) is 0. The van der Waals surface area contributed by atoms with Crippen LogP contribution in [-0.2, 0) is 16.0 Å². The van der Waals surface area contributed by atoms with Crippen LogP contribution in [0.1, 0.15) is 35.1 Å². The summed E-state index contributed by atoms with van der Waals surface area (Å²) in [4.78, 5) is 25.0. The first-order valence-corrected chi connectivity index (χ1v) is 6.99. The number of carbonyl (C=O) groups excluding carboxylic acids is 1. The van der Waals surface area contributed by atoms with Crippen LogP contribution < -0.4 is 0 Å². The fourth-order valence-electron chi connectivity index (χ4n) is 2.80. The normalized spacial score (nSPS) is 18.4. The number of carboxylic acids is 1. The van der Waals surface area contributed by atoms with E-state index in [1.807, 2.05) is 19.9 Å². The lowest BCUT2D eigenvalue weighted by Gasteiger charge is -2.22. The highest BCUT2D eigenvalue weighted by molar-refractivity contribution is 5.85. The Kier molecular flexibility index (Phi) is 4.12. The van der Waals surface area contributed by atoms with Gasteiger partial charge in [0.2, 0.25) is 5.91 Å². The van der Waals surface area contributed by atoms with Gasteiger partial charge in [-0.3, -0.25) is 4.79 Å². The number of amides is 1. The van der Waals surface area contributed by atoms with E-state index in [-0.39, 0.29) is 12.3 Å². The number of hydrogen-bond donors (Lipinski definition) is 1. The largest absolute Gasteiger partial charge is 0.480 e. The van der Waals surface area contributed by atoms with Gasteiger partial charge in [0.25, 0.3) is 0 Å². The predicted molar refractivity (Wildman–Crippen MR) is 76.7 cm³/mol. The first-order valence-electron chi connectivity index (χ1n) is 6.99. The summed E-state index contributed by atoms with van der Waals surface area (Å²) in [5.74, 6) is -0.978. The molecule has 4 heteroatoms. The topological polar surface area (TPSA) is 57.6 Å². The van der Waals surface area contributed by atoms with Gasteiger partial charge in [0.1, 0.15) is 6.04 Å². The molecule has 1 aromatic carbocycles. The molecule has 1 aliphatic heterocycles. The van der Waals surface area contributed by atoms with E-state index < -0.39 is 12.0 Å².